The molecule has 0 spiro atoms. The number of nitrogens with one attached hydrogen (secondary N) is 1. The molecule has 0 aromatic heterocycles. The van der Waals surface area contributed by atoms with Gasteiger partial charge in [0, 0.05) is 12.5 Å². The van der Waals surface area contributed by atoms with Crippen molar-refractivity contribution in [3.63, 3.8) is 0 Å². The molecule has 18 heavy (non-hydrogen) atoms. The molecule has 0 aliphatic rings. The van der Waals surface area contributed by atoms with Crippen molar-refractivity contribution < 1.29 is 8.42 Å². The Hall–Kier alpha value is -1.47. The van der Waals surface area contributed by atoms with E-state index in [1.54, 1.807) is 25.1 Å². The third-order valence-electron chi connectivity index (χ3n) is 2.82. The van der Waals surface area contributed by atoms with Crippen LogP contribution in [0, 0.1) is 12.3 Å². The summed E-state index contributed by atoms with van der Waals surface area (Å²) in [4.78, 5) is 0.350. The minimum Gasteiger partial charge on any atom is -0.380 e. The van der Waals surface area contributed by atoms with Gasteiger partial charge in [0.2, 0.25) is 0 Å². The highest BCUT2D eigenvalue weighted by Gasteiger charge is 2.17. The Morgan fingerprint density at radius 3 is 2.56 bits per heavy atom. The van der Waals surface area contributed by atoms with Gasteiger partial charge in [-0.15, -0.1) is 12.3 Å². The van der Waals surface area contributed by atoms with Crippen molar-refractivity contribution >= 4 is 15.5 Å². The van der Waals surface area contributed by atoms with Crippen molar-refractivity contribution in [3.8, 4) is 12.3 Å². The minimum absolute atomic E-state index is 0.0949. The molecule has 0 amide bonds. The summed E-state index contributed by atoms with van der Waals surface area (Å²) in [6, 6.07) is 7.06. The first kappa shape index (κ1) is 14.6. The normalized spacial score (nSPS) is 12.7. The molecule has 3 nitrogen and oxygen atoms in total. The van der Waals surface area contributed by atoms with Gasteiger partial charge in [-0.25, -0.2) is 8.42 Å². The second kappa shape index (κ2) is 6.46. The van der Waals surface area contributed by atoms with E-state index in [1.807, 2.05) is 13.0 Å². The molecule has 1 atom stereocenters. The lowest BCUT2D eigenvalue weighted by Gasteiger charge is -2.18. The molecule has 1 aromatic rings. The molecule has 1 N–H and O–H groups in total. The number of hydrogen-bond acceptors (Lipinski definition) is 3. The van der Waals surface area contributed by atoms with E-state index in [0.29, 0.717) is 17.0 Å². The van der Waals surface area contributed by atoms with Crippen LogP contribution in [0.25, 0.3) is 0 Å². The van der Waals surface area contributed by atoms with Gasteiger partial charge in [0.05, 0.1) is 16.3 Å². The van der Waals surface area contributed by atoms with Crippen molar-refractivity contribution in [1.29, 1.82) is 0 Å². The highest BCUT2D eigenvalue weighted by atomic mass is 32.2. The maximum atomic E-state index is 12.0. The summed E-state index contributed by atoms with van der Waals surface area (Å²) in [5, 5.41) is 3.22. The van der Waals surface area contributed by atoms with Gasteiger partial charge in [-0.1, -0.05) is 26.0 Å². The number of anilines is 1. The lowest BCUT2D eigenvalue weighted by molar-refractivity contribution is 0.597. The smallest absolute Gasteiger partial charge is 0.180 e. The minimum atomic E-state index is -3.21. The molecule has 1 aromatic carbocycles. The summed E-state index contributed by atoms with van der Waals surface area (Å²) < 4.78 is 23.9. The molecule has 0 saturated carbocycles. The molecule has 0 bridgehead atoms. The zero-order valence-corrected chi connectivity index (χ0v) is 11.6. The fourth-order valence-electron chi connectivity index (χ4n) is 1.67. The number of terminal acetylenes is 1. The highest BCUT2D eigenvalue weighted by molar-refractivity contribution is 7.91. The molecule has 0 saturated heterocycles. The van der Waals surface area contributed by atoms with Crippen molar-refractivity contribution in [1.82, 2.24) is 0 Å². The molecule has 0 fully saturated rings. The lowest BCUT2D eigenvalue weighted by atomic mass is 10.1. The third-order valence-corrected chi connectivity index (χ3v) is 4.61. The van der Waals surface area contributed by atoms with Crippen LogP contribution in [0.15, 0.2) is 29.2 Å². The van der Waals surface area contributed by atoms with Crippen molar-refractivity contribution in [2.75, 3.05) is 11.1 Å². The van der Waals surface area contributed by atoms with Crippen LogP contribution < -0.4 is 5.32 Å². The Kier molecular flexibility index (Phi) is 5.24. The summed E-state index contributed by atoms with van der Waals surface area (Å²) >= 11 is 0. The first-order valence-corrected chi connectivity index (χ1v) is 7.72. The molecule has 4 heteroatoms. The third kappa shape index (κ3) is 3.51. The molecule has 0 aliphatic heterocycles. The number of para-hydroxylation sites is 1. The molecule has 1 unspecified atom stereocenters. The topological polar surface area (TPSA) is 46.2 Å². The van der Waals surface area contributed by atoms with Gasteiger partial charge in [-0.2, -0.15) is 0 Å². The van der Waals surface area contributed by atoms with Crippen LogP contribution in [-0.4, -0.2) is 20.2 Å². The van der Waals surface area contributed by atoms with Crippen LogP contribution in [0.3, 0.4) is 0 Å². The number of rotatable bonds is 6. The molecule has 1 rings (SSSR count). The van der Waals surface area contributed by atoms with E-state index in [2.05, 4.69) is 11.2 Å². The van der Waals surface area contributed by atoms with Gasteiger partial charge < -0.3 is 5.32 Å². The summed E-state index contributed by atoms with van der Waals surface area (Å²) in [5.74, 6) is 2.69. The van der Waals surface area contributed by atoms with Crippen molar-refractivity contribution in [2.24, 2.45) is 0 Å². The van der Waals surface area contributed by atoms with Gasteiger partial charge in [0.1, 0.15) is 0 Å². The molecule has 0 aliphatic carbocycles. The van der Waals surface area contributed by atoms with Crippen LogP contribution in [-0.2, 0) is 9.84 Å². The van der Waals surface area contributed by atoms with Crippen molar-refractivity contribution in [2.45, 2.75) is 37.6 Å². The zero-order valence-electron chi connectivity index (χ0n) is 10.8. The second-order valence-electron chi connectivity index (χ2n) is 4.06. The zero-order chi connectivity index (χ0) is 13.6. The van der Waals surface area contributed by atoms with E-state index in [1.165, 1.54) is 0 Å². The van der Waals surface area contributed by atoms with Crippen LogP contribution in [0.2, 0.25) is 0 Å². The standard InChI is InChI=1S/C14H19NO2S/c1-4-9-12(5-2)15-13-10-7-8-11-14(13)18(16,17)6-3/h1,7-8,10-12,15H,5-6,9H2,2-3H3. The van der Waals surface area contributed by atoms with Crippen LogP contribution >= 0.6 is 0 Å². The van der Waals surface area contributed by atoms with Crippen LogP contribution in [0.1, 0.15) is 26.7 Å². The van der Waals surface area contributed by atoms with E-state index in [-0.39, 0.29) is 11.8 Å². The number of sulfone groups is 1. The number of benzene rings is 1. The molecule has 0 heterocycles. The predicted molar refractivity (Wildman–Crippen MR) is 75.3 cm³/mol. The quantitative estimate of drug-likeness (QED) is 0.804. The van der Waals surface area contributed by atoms with E-state index < -0.39 is 9.84 Å². The van der Waals surface area contributed by atoms with E-state index in [0.717, 1.165) is 6.42 Å². The fourth-order valence-corrected chi connectivity index (χ4v) is 2.73. The predicted octanol–water partition coefficient (Wildman–Crippen LogP) is 2.69. The Bertz CT molecular complexity index is 529. The molecular formula is C14H19NO2S. The van der Waals surface area contributed by atoms with Crippen LogP contribution in [0.5, 0.6) is 0 Å². The summed E-state index contributed by atoms with van der Waals surface area (Å²) in [6.45, 7) is 3.66. The largest absolute Gasteiger partial charge is 0.380 e. The first-order chi connectivity index (χ1) is 8.55. The van der Waals surface area contributed by atoms with E-state index >= 15 is 0 Å². The first-order valence-electron chi connectivity index (χ1n) is 6.07. The Labute approximate surface area is 110 Å². The maximum Gasteiger partial charge on any atom is 0.180 e. The monoisotopic (exact) mass is 265 g/mol. The highest BCUT2D eigenvalue weighted by Crippen LogP contribution is 2.23. The maximum absolute atomic E-state index is 12.0. The molecule has 0 radical (unpaired) electrons. The fraction of sp³-hybridized carbons (Fsp3) is 0.429. The summed E-state index contributed by atoms with van der Waals surface area (Å²) in [7, 11) is -3.21. The second-order valence-corrected chi connectivity index (χ2v) is 6.30. The van der Waals surface area contributed by atoms with Crippen LogP contribution in [0.4, 0.5) is 5.69 Å². The summed E-state index contributed by atoms with van der Waals surface area (Å²) in [6.07, 6.45) is 6.73. The molecular weight excluding hydrogens is 246 g/mol. The van der Waals surface area contributed by atoms with Gasteiger partial charge in [0.25, 0.3) is 0 Å². The van der Waals surface area contributed by atoms with Gasteiger partial charge in [-0.05, 0) is 18.6 Å². The SMILES string of the molecule is C#CCC(CC)Nc1ccccc1S(=O)(=O)CC. The lowest BCUT2D eigenvalue weighted by Crippen LogP contribution is -2.19. The molecule has 98 valence electrons. The average Bonchev–Trinajstić information content (AvgIpc) is 2.38. The van der Waals surface area contributed by atoms with Gasteiger partial charge >= 0.3 is 0 Å². The summed E-state index contributed by atoms with van der Waals surface area (Å²) in [5.41, 5.74) is 0.640. The Morgan fingerprint density at radius 1 is 1.33 bits per heavy atom. The van der Waals surface area contributed by atoms with Crippen molar-refractivity contribution in [3.05, 3.63) is 24.3 Å². The van der Waals surface area contributed by atoms with E-state index in [4.69, 9.17) is 6.42 Å². The average molecular weight is 265 g/mol. The number of hydrogen-bond donors (Lipinski definition) is 1. The Morgan fingerprint density at radius 2 is 2.00 bits per heavy atom. The van der Waals surface area contributed by atoms with Gasteiger partial charge in [-0.3, -0.25) is 0 Å². The van der Waals surface area contributed by atoms with Gasteiger partial charge in [0.15, 0.2) is 9.84 Å². The Balaban J connectivity index is 3.07. The van der Waals surface area contributed by atoms with E-state index in [9.17, 15) is 8.42 Å².